The normalized spacial score (nSPS) is 12.9. The van der Waals surface area contributed by atoms with Crippen molar-refractivity contribution in [3.05, 3.63) is 265 Å². The molecule has 112 heavy (non-hydrogen) atoms. The molecule has 6 amide bonds. The second kappa shape index (κ2) is 44.1. The maximum absolute atomic E-state index is 12.1. The molecule has 9 aromatic rings. The van der Waals surface area contributed by atoms with Crippen molar-refractivity contribution in [2.45, 2.75) is 14.4 Å². The van der Waals surface area contributed by atoms with Crippen LogP contribution in [0.25, 0.3) is 10.9 Å². The van der Waals surface area contributed by atoms with Crippen LogP contribution in [0, 0.1) is 0 Å². The molecule has 0 saturated carbocycles. The Morgan fingerprint density at radius 1 is 0.571 bits per heavy atom. The molecule has 1 aromatic heterocycles. The molecule has 0 atom stereocenters. The third kappa shape index (κ3) is 25.9. The van der Waals surface area contributed by atoms with Crippen LogP contribution in [-0.4, -0.2) is 172 Å². The number of hydroxylamine groups is 1. The number of nitrogens with zero attached hydrogens (tertiary/aromatic N) is 8. The molecular formula is C76H76BCl4N11O19P. The monoisotopic (exact) mass is 1630 g/mol. The van der Waals surface area contributed by atoms with E-state index in [-0.39, 0.29) is 75.7 Å². The number of benzodiazepines with no additional fused rings is 3. The lowest BCUT2D eigenvalue weighted by Gasteiger charge is -2.17. The van der Waals surface area contributed by atoms with Gasteiger partial charge in [-0.1, -0.05) is 116 Å². The van der Waals surface area contributed by atoms with E-state index < -0.39 is 34.4 Å². The third-order valence-electron chi connectivity index (χ3n) is 15.8. The minimum atomic E-state index is -3.22. The molecule has 36 heteroatoms. The zero-order valence-corrected chi connectivity index (χ0v) is 64.2. The van der Waals surface area contributed by atoms with Gasteiger partial charge in [-0.3, -0.25) is 62.9 Å². The fourth-order valence-corrected chi connectivity index (χ4v) is 10.4. The highest BCUT2D eigenvalue weighted by atomic mass is 36.0. The molecule has 7 N–H and O–H groups in total. The largest absolute Gasteiger partial charge is 0.569 e. The first-order valence-corrected chi connectivity index (χ1v) is 37.5. The predicted molar refractivity (Wildman–Crippen MR) is 431 cm³/mol. The Hall–Kier alpha value is -11.9. The smallest absolute Gasteiger partial charge is 0.537 e. The summed E-state index contributed by atoms with van der Waals surface area (Å²) in [6.45, 7) is 2.18. The lowest BCUT2D eigenvalue weighted by Crippen LogP contribution is -2.33. The van der Waals surface area contributed by atoms with E-state index in [1.54, 1.807) is 172 Å². The van der Waals surface area contributed by atoms with Crippen molar-refractivity contribution in [2.24, 2.45) is 27.8 Å². The molecule has 4 aliphatic heterocycles. The second-order valence-corrected chi connectivity index (χ2v) is 29.8. The number of fused-ring (bicyclic) bond motifs is 5. The first-order chi connectivity index (χ1) is 52.9. The van der Waals surface area contributed by atoms with Gasteiger partial charge in [-0.05, 0) is 138 Å². The summed E-state index contributed by atoms with van der Waals surface area (Å²) in [5.74, 6) is -2.96. The maximum Gasteiger partial charge on any atom is 0.569 e. The lowest BCUT2D eigenvalue weighted by atomic mass is 9.99. The highest BCUT2D eigenvalue weighted by Crippen LogP contribution is 2.61. The number of benzene rings is 8. The van der Waals surface area contributed by atoms with E-state index in [1.165, 1.54) is 16.6 Å². The van der Waals surface area contributed by atoms with Crippen molar-refractivity contribution < 1.29 is 81.6 Å². The van der Waals surface area contributed by atoms with Crippen molar-refractivity contribution in [3.8, 4) is 5.75 Å². The maximum atomic E-state index is 12.1. The number of carboxylic acid groups (broad SMARTS) is 1. The van der Waals surface area contributed by atoms with E-state index in [1.807, 2.05) is 84.9 Å². The number of para-hydroxylation sites is 5. The van der Waals surface area contributed by atoms with Gasteiger partial charge in [0, 0.05) is 68.6 Å². The van der Waals surface area contributed by atoms with Crippen LogP contribution in [0.15, 0.2) is 223 Å². The van der Waals surface area contributed by atoms with Crippen molar-refractivity contribution in [2.75, 3.05) is 94.2 Å². The number of nitrogens with one attached hydrogen (secondary N) is 2. The molecule has 0 saturated heterocycles. The number of hydrogen-bond donors (Lipinski definition) is 6. The average Bonchev–Trinajstić information content (AvgIpc) is 1.49. The van der Waals surface area contributed by atoms with E-state index in [4.69, 9.17) is 31.7 Å². The summed E-state index contributed by atoms with van der Waals surface area (Å²) >= 11 is 19.8. The number of aromatic nitrogens is 1. The molecule has 0 unspecified atom stereocenters. The lowest BCUT2D eigenvalue weighted by molar-refractivity contribution is -0.135. The summed E-state index contributed by atoms with van der Waals surface area (Å²) in [6, 6.07) is 56.6. The van der Waals surface area contributed by atoms with E-state index in [0.717, 1.165) is 50.6 Å². The summed E-state index contributed by atoms with van der Waals surface area (Å²) in [6.07, 6.45) is 0. The standard InChI is InChI=1S/C19H18N2O3.C17H15N3O3.C10H9ClN2O.C10H10N2O2.C9H7NO3.C8H8BO4.C2H5NO2.CH4.Cl3OP/c1-3-24-19(23)14-10-8-13(9-11-14)18-15-6-4-5-7-16(15)21(2)17(22)12-20-18;1-20-14-5-3-2-4-13(14)16(18-10-15(20)21)11-6-8-12(9-7-11)17(22)19-23;1-13-8-5-3-2-4-7(8)10(11)12-6-9(13)14;1-12-8-5-3-2-4-7(8)10(14)11-6-9(12)13;1-10-7-5-3-2-4-6(7)8(11)13-9(10)12;1-12-8(10)6-2-4-7(5-3-6)13-9-11;3-1-2(4)5;;1-5(2,3)4/h4-11H,3,12H2,1-2H3;2-9,23H,10H2,1H3,(H,19,22);2-5H,6H2,1H3;2-5H,6H2,1H3,(H,11,14);2-5H,1H3;2-5,11H,1H3;1,3H2,(H,4,5);1H4;. The van der Waals surface area contributed by atoms with Gasteiger partial charge in [-0.25, -0.2) is 24.7 Å². The van der Waals surface area contributed by atoms with Gasteiger partial charge in [0.2, 0.25) is 23.6 Å². The number of halogens is 4. The van der Waals surface area contributed by atoms with Crippen LogP contribution in [0.4, 0.5) is 22.7 Å². The Labute approximate surface area is 662 Å². The molecule has 4 aliphatic rings. The predicted octanol–water partition coefficient (Wildman–Crippen LogP) is 9.68. The van der Waals surface area contributed by atoms with Crippen LogP contribution in [0.5, 0.6) is 5.75 Å². The molecule has 0 bridgehead atoms. The van der Waals surface area contributed by atoms with Crippen LogP contribution in [0.1, 0.15) is 83.6 Å². The van der Waals surface area contributed by atoms with E-state index in [0.29, 0.717) is 69.8 Å². The zero-order valence-electron chi connectivity index (χ0n) is 60.3. The summed E-state index contributed by atoms with van der Waals surface area (Å²) in [4.78, 5) is 143. The van der Waals surface area contributed by atoms with Crippen molar-refractivity contribution in [3.63, 3.8) is 0 Å². The number of aryl methyl sites for hydroxylation is 1. The summed E-state index contributed by atoms with van der Waals surface area (Å²) in [7, 11) is 10.3. The second-order valence-electron chi connectivity index (χ2n) is 22.8. The fourth-order valence-electron chi connectivity index (χ4n) is 10.1. The first-order valence-electron chi connectivity index (χ1n) is 32.7. The summed E-state index contributed by atoms with van der Waals surface area (Å²) in [5, 5.41) is 24.7. The number of rotatable bonds is 9. The minimum absolute atomic E-state index is 0. The number of ether oxygens (including phenoxy) is 2. The van der Waals surface area contributed by atoms with Gasteiger partial charge in [-0.2, -0.15) is 0 Å². The van der Waals surface area contributed by atoms with Crippen LogP contribution >= 0.6 is 50.5 Å². The van der Waals surface area contributed by atoms with E-state index >= 15 is 0 Å². The van der Waals surface area contributed by atoms with Gasteiger partial charge in [-0.15, -0.1) is 0 Å². The Bertz CT molecular complexity index is 5130. The fraction of sp³-hybridized carbons (Fsp3) is 0.184. The quantitative estimate of drug-likeness (QED) is 0.0257. The molecule has 8 aromatic carbocycles. The van der Waals surface area contributed by atoms with Gasteiger partial charge in [0.15, 0.2) is 0 Å². The Morgan fingerprint density at radius 2 is 0.955 bits per heavy atom. The molecule has 585 valence electrons. The van der Waals surface area contributed by atoms with Gasteiger partial charge >= 0.3 is 42.2 Å². The molecule has 30 nitrogen and oxygen atoms in total. The molecule has 0 aliphatic carbocycles. The zero-order chi connectivity index (χ0) is 81.6. The number of esters is 2. The number of amides is 6. The first kappa shape index (κ1) is 90.7. The molecule has 13 rings (SSSR count). The molecule has 1 radical (unpaired) electrons. The number of likely N-dealkylation sites (N-methyl/N-ethyl adjacent to an activating group) is 4. The number of aliphatic carboxylic acids is 1. The van der Waals surface area contributed by atoms with Gasteiger partial charge < -0.3 is 59.3 Å². The number of carbonyl (C=O) groups is 9. The number of hydrogen-bond acceptors (Lipinski definition) is 22. The Kier molecular flexibility index (Phi) is 35.7. The SMILES string of the molecule is C.CCOC(=O)c1ccc(C2=NCC(=O)N(C)c3ccccc32)cc1.CN1C(=O)CN=C(Cl)c2ccccc21.CN1C(=O)CN=C(c2ccc(C(=O)NO)cc2)c2ccccc21.CN1C(=O)CNC(=O)c2ccccc21.COC(=O)c1ccc(O[B]O)cc1.Cn1c(=O)oc(=O)c2ccccc21.NCC(=O)O.O=P(Cl)(Cl)Cl. The highest BCUT2D eigenvalue weighted by Gasteiger charge is 2.26. The number of anilines is 4. The van der Waals surface area contributed by atoms with Crippen LogP contribution < -0.4 is 52.2 Å². The number of nitrogens with two attached hydrogens (primary N) is 1. The van der Waals surface area contributed by atoms with Gasteiger partial charge in [0.25, 0.3) is 11.8 Å². The minimum Gasteiger partial charge on any atom is -0.537 e. The van der Waals surface area contributed by atoms with Crippen LogP contribution in [-0.2, 0) is 45.1 Å². The van der Waals surface area contributed by atoms with Crippen molar-refractivity contribution >= 4 is 162 Å². The highest BCUT2D eigenvalue weighted by molar-refractivity contribution is 8.24. The topological polar surface area (TPSA) is 411 Å². The molecule has 0 spiro atoms. The van der Waals surface area contributed by atoms with Crippen LogP contribution in [0.2, 0.25) is 0 Å². The summed E-state index contributed by atoms with van der Waals surface area (Å²) in [5.41, 5.74) is 16.8. The van der Waals surface area contributed by atoms with E-state index in [9.17, 15) is 57.3 Å². The number of carbonyl (C=O) groups excluding carboxylic acids is 8. The van der Waals surface area contributed by atoms with Crippen molar-refractivity contribution in [1.82, 2.24) is 15.4 Å². The Balaban J connectivity index is 0.000000238. The van der Waals surface area contributed by atoms with Gasteiger partial charge in [0.05, 0.1) is 88.6 Å². The van der Waals surface area contributed by atoms with Gasteiger partial charge in [0.1, 0.15) is 30.6 Å². The number of methoxy groups -OCH3 is 1. The molecule has 5 heterocycles. The third-order valence-corrected chi connectivity index (χ3v) is 16.1. The average molecular weight is 1630 g/mol. The summed E-state index contributed by atoms with van der Waals surface area (Å²) < 4.78 is 29.4. The van der Waals surface area contributed by atoms with Crippen LogP contribution in [0.3, 0.4) is 0 Å². The Morgan fingerprint density at radius 3 is 1.40 bits per heavy atom. The van der Waals surface area contributed by atoms with Crippen molar-refractivity contribution in [1.29, 1.82) is 0 Å². The number of aliphatic imine (C=N–C) groups is 3. The molecular weight excluding hydrogens is 1550 g/mol. The molecule has 0 fully saturated rings. The van der Waals surface area contributed by atoms with E-state index in [2.05, 4.69) is 73.6 Å². The number of carboxylic acids is 1.